The molecular formula is C36H20BNO2Se. The van der Waals surface area contributed by atoms with E-state index in [0.717, 1.165) is 31.5 Å². The van der Waals surface area contributed by atoms with E-state index < -0.39 is 55.1 Å². The second-order valence-corrected chi connectivity index (χ2v) is 12.4. The molecule has 6 aromatic carbocycles. The Morgan fingerprint density at radius 1 is 0.610 bits per heavy atom. The maximum absolute atomic E-state index is 9.69. The van der Waals surface area contributed by atoms with Gasteiger partial charge in [0.2, 0.25) is 0 Å². The van der Waals surface area contributed by atoms with E-state index in [0.29, 0.717) is 0 Å². The topological polar surface area (TPSA) is 23.4 Å². The van der Waals surface area contributed by atoms with Crippen molar-refractivity contribution in [3.63, 3.8) is 0 Å². The third-order valence-corrected chi connectivity index (χ3v) is 10.4. The Hall–Kier alpha value is -4.70. The SMILES string of the molecule is [2H]c1c([2H])c([2H])c2c(c1[2H])Oc1c([2H])c(-n3c4ccccc4c4cc5c(cc43)[se]c3ccccc35)c([2H])c3c1B2c1c([2H])c([2H])c([2H])c([2H])c1O3. The zero-order valence-corrected chi connectivity index (χ0v) is 22.7. The van der Waals surface area contributed by atoms with Crippen LogP contribution in [0.5, 0.6) is 23.0 Å². The van der Waals surface area contributed by atoms with Gasteiger partial charge in [-0.05, 0) is 0 Å². The van der Waals surface area contributed by atoms with Gasteiger partial charge in [-0.3, -0.25) is 0 Å². The minimum absolute atomic E-state index is 0.0238. The molecule has 2 aliphatic rings. The van der Waals surface area contributed by atoms with Gasteiger partial charge in [-0.25, -0.2) is 0 Å². The number of hydrogen-bond donors (Lipinski definition) is 0. The van der Waals surface area contributed by atoms with Crippen LogP contribution in [-0.4, -0.2) is 25.8 Å². The van der Waals surface area contributed by atoms with Crippen LogP contribution in [0.1, 0.15) is 13.7 Å². The number of benzene rings is 6. The minimum atomic E-state index is -1.24. The van der Waals surface area contributed by atoms with Gasteiger partial charge in [0.25, 0.3) is 0 Å². The van der Waals surface area contributed by atoms with E-state index in [-0.39, 0.29) is 71.7 Å². The monoisotopic (exact) mass is 599 g/mol. The molecule has 8 aromatic rings. The van der Waals surface area contributed by atoms with Crippen LogP contribution in [-0.2, 0) is 0 Å². The van der Waals surface area contributed by atoms with Crippen LogP contribution in [0.25, 0.3) is 46.8 Å². The third-order valence-electron chi connectivity index (χ3n) is 7.98. The first-order valence-corrected chi connectivity index (χ1v) is 14.8. The summed E-state index contributed by atoms with van der Waals surface area (Å²) in [5.41, 5.74) is 1.58. The maximum atomic E-state index is 9.69. The standard InChI is InChI=1S/C36H20BNO2Se/c1-5-13-28-22(9-1)24-19-25-23-10-2-8-16-34(23)41-35(25)20-29(24)38(28)21-17-32-36-33(18-21)40-31-15-7-4-12-27(31)37(36)26-11-3-6-14-30(26)39-32/h1-20H/i3D,4D,6D,7D,11D,12D,14D,15D,17D,18D. The fourth-order valence-corrected chi connectivity index (χ4v) is 8.63. The van der Waals surface area contributed by atoms with Gasteiger partial charge in [0.05, 0.1) is 2.74 Å². The van der Waals surface area contributed by atoms with Crippen LogP contribution in [0.2, 0.25) is 0 Å². The molecule has 41 heavy (non-hydrogen) atoms. The average Bonchev–Trinajstić information content (AvgIpc) is 3.66. The van der Waals surface area contributed by atoms with Crippen molar-refractivity contribution in [3.8, 4) is 28.7 Å². The molecule has 0 N–H and O–H groups in total. The van der Waals surface area contributed by atoms with Crippen molar-refractivity contribution in [1.82, 2.24) is 4.57 Å². The van der Waals surface area contributed by atoms with Crippen molar-refractivity contribution >= 4 is 78.7 Å². The molecule has 0 aliphatic carbocycles. The second kappa shape index (κ2) is 7.95. The molecule has 3 nitrogen and oxygen atoms in total. The molecule has 0 unspecified atom stereocenters. The number of rotatable bonds is 1. The number of fused-ring (bicyclic) bond motifs is 10. The molecule has 0 radical (unpaired) electrons. The Bertz CT molecular complexity index is 2860. The quantitative estimate of drug-likeness (QED) is 0.193. The van der Waals surface area contributed by atoms with Crippen molar-refractivity contribution in [2.75, 3.05) is 0 Å². The molecule has 0 amide bonds. The van der Waals surface area contributed by atoms with E-state index in [1.54, 1.807) is 0 Å². The second-order valence-electron chi connectivity index (χ2n) is 10.1. The van der Waals surface area contributed by atoms with Crippen molar-refractivity contribution in [2.45, 2.75) is 0 Å². The van der Waals surface area contributed by atoms with Crippen LogP contribution < -0.4 is 25.9 Å². The summed E-state index contributed by atoms with van der Waals surface area (Å²) in [6.07, 6.45) is 0. The Morgan fingerprint density at radius 3 is 2.02 bits per heavy atom. The number of hydrogen-bond acceptors (Lipinski definition) is 2. The van der Waals surface area contributed by atoms with Crippen LogP contribution in [0.4, 0.5) is 0 Å². The fourth-order valence-electron chi connectivity index (χ4n) is 6.27. The van der Waals surface area contributed by atoms with Crippen LogP contribution in [0.15, 0.2) is 121 Å². The van der Waals surface area contributed by atoms with Gasteiger partial charge < -0.3 is 0 Å². The first kappa shape index (κ1) is 14.8. The van der Waals surface area contributed by atoms with E-state index in [2.05, 4.69) is 24.3 Å². The van der Waals surface area contributed by atoms with E-state index in [9.17, 15) is 2.74 Å². The predicted octanol–water partition coefficient (Wildman–Crippen LogP) is 6.87. The van der Waals surface area contributed by atoms with Crippen molar-refractivity contribution in [3.05, 3.63) is 121 Å². The fraction of sp³-hybridized carbons (Fsp3) is 0. The van der Waals surface area contributed by atoms with Crippen molar-refractivity contribution < 1.29 is 23.2 Å². The molecule has 4 heterocycles. The van der Waals surface area contributed by atoms with Gasteiger partial charge in [0, 0.05) is 0 Å². The van der Waals surface area contributed by atoms with Gasteiger partial charge in [-0.15, -0.1) is 0 Å². The Morgan fingerprint density at radius 2 is 1.27 bits per heavy atom. The van der Waals surface area contributed by atoms with Gasteiger partial charge in [-0.1, -0.05) is 0 Å². The summed E-state index contributed by atoms with van der Waals surface area (Å²) < 4.78 is 105. The third kappa shape index (κ3) is 2.95. The number of ether oxygens (including phenoxy) is 2. The first-order chi connectivity index (χ1) is 24.5. The molecule has 0 fully saturated rings. The summed E-state index contributed by atoms with van der Waals surface area (Å²) in [5.74, 6) is -0.717. The summed E-state index contributed by atoms with van der Waals surface area (Å²) in [5, 5.41) is 4.15. The molecule has 0 spiro atoms. The molecule has 2 aliphatic heterocycles. The number of para-hydroxylation sites is 3. The average molecular weight is 598 g/mol. The van der Waals surface area contributed by atoms with Gasteiger partial charge in [-0.2, -0.15) is 0 Å². The number of aromatic nitrogens is 1. The van der Waals surface area contributed by atoms with Crippen LogP contribution in [0.3, 0.4) is 0 Å². The predicted molar refractivity (Wildman–Crippen MR) is 170 cm³/mol. The van der Waals surface area contributed by atoms with Crippen LogP contribution in [0, 0.1) is 0 Å². The summed E-state index contributed by atoms with van der Waals surface area (Å²) in [4.78, 5) is 0. The van der Waals surface area contributed by atoms with E-state index in [1.807, 2.05) is 41.0 Å². The summed E-state index contributed by atoms with van der Waals surface area (Å²) >= 11 is 0.0238. The summed E-state index contributed by atoms with van der Waals surface area (Å²) in [7, 11) is 0. The summed E-state index contributed by atoms with van der Waals surface area (Å²) in [6, 6.07) is 15.8. The molecule has 0 saturated carbocycles. The molecule has 0 saturated heterocycles. The number of nitrogens with zero attached hydrogens (tertiary/aromatic N) is 1. The first-order valence-electron chi connectivity index (χ1n) is 18.1. The molecule has 5 heteroatoms. The van der Waals surface area contributed by atoms with E-state index in [4.69, 9.17) is 20.4 Å². The van der Waals surface area contributed by atoms with Gasteiger partial charge in [0.1, 0.15) is 0 Å². The molecule has 190 valence electrons. The normalized spacial score (nSPS) is 16.6. The van der Waals surface area contributed by atoms with Crippen LogP contribution >= 0.6 is 0 Å². The van der Waals surface area contributed by atoms with Gasteiger partial charge >= 0.3 is 253 Å². The molecule has 0 atom stereocenters. The van der Waals surface area contributed by atoms with Crippen molar-refractivity contribution in [2.24, 2.45) is 0 Å². The van der Waals surface area contributed by atoms with E-state index in [1.165, 1.54) is 9.65 Å². The van der Waals surface area contributed by atoms with E-state index >= 15 is 0 Å². The Kier molecular flexibility index (Phi) is 2.87. The molecule has 10 rings (SSSR count). The molecule has 2 aromatic heterocycles. The van der Waals surface area contributed by atoms with Gasteiger partial charge in [0.15, 0.2) is 0 Å². The molecule has 0 bridgehead atoms. The molecular weight excluding hydrogens is 568 g/mol. The zero-order valence-electron chi connectivity index (χ0n) is 31.0. The zero-order chi connectivity index (χ0) is 35.4. The Balaban J connectivity index is 1.36. The van der Waals surface area contributed by atoms with Crippen molar-refractivity contribution in [1.29, 1.82) is 0 Å². The Labute approximate surface area is 256 Å². The summed E-state index contributed by atoms with van der Waals surface area (Å²) in [6.45, 7) is -1.24.